The van der Waals surface area contributed by atoms with E-state index in [2.05, 4.69) is 15.9 Å². The van der Waals surface area contributed by atoms with Gasteiger partial charge in [-0.2, -0.15) is 0 Å². The van der Waals surface area contributed by atoms with Crippen LogP contribution in [0.25, 0.3) is 0 Å². The van der Waals surface area contributed by atoms with Crippen LogP contribution in [0.1, 0.15) is 22.3 Å². The summed E-state index contributed by atoms with van der Waals surface area (Å²) in [5.41, 5.74) is 1.24. The average molecular weight is 257 g/mol. The number of benzene rings is 1. The van der Waals surface area contributed by atoms with Crippen molar-refractivity contribution < 1.29 is 14.7 Å². The minimum atomic E-state index is -1.10. The molecule has 0 saturated heterocycles. The molecule has 0 spiro atoms. The monoisotopic (exact) mass is 256 g/mol. The zero-order valence-corrected chi connectivity index (χ0v) is 9.17. The molecule has 0 unspecified atom stereocenters. The maximum Gasteiger partial charge on any atom is 0.311 e. The Balaban J connectivity index is 3.01. The average Bonchev–Trinajstić information content (AvgIpc) is 2.08. The lowest BCUT2D eigenvalue weighted by Gasteiger charge is -2.04. The molecule has 74 valence electrons. The van der Waals surface area contributed by atoms with Crippen molar-refractivity contribution >= 4 is 27.7 Å². The van der Waals surface area contributed by atoms with Crippen molar-refractivity contribution in [3.05, 3.63) is 33.8 Å². The van der Waals surface area contributed by atoms with E-state index in [1.165, 1.54) is 0 Å². The number of ketones is 1. The van der Waals surface area contributed by atoms with Crippen LogP contribution in [-0.2, 0) is 4.79 Å². The molecule has 0 bridgehead atoms. The van der Waals surface area contributed by atoms with Crippen LogP contribution >= 0.6 is 15.9 Å². The molecular weight excluding hydrogens is 248 g/mol. The van der Waals surface area contributed by atoms with Gasteiger partial charge in [-0.1, -0.05) is 28.1 Å². The molecule has 0 atom stereocenters. The highest BCUT2D eigenvalue weighted by molar-refractivity contribution is 9.10. The summed E-state index contributed by atoms with van der Waals surface area (Å²) in [6.45, 7) is 1.78. The first-order valence-corrected chi connectivity index (χ1v) is 4.81. The van der Waals surface area contributed by atoms with Gasteiger partial charge in [-0.25, -0.2) is 0 Å². The fourth-order valence-corrected chi connectivity index (χ4v) is 1.51. The Labute approximate surface area is 89.9 Å². The number of rotatable bonds is 3. The van der Waals surface area contributed by atoms with Gasteiger partial charge >= 0.3 is 5.97 Å². The molecule has 0 aliphatic carbocycles. The Morgan fingerprint density at radius 2 is 2.07 bits per heavy atom. The van der Waals surface area contributed by atoms with Gasteiger partial charge in [0.1, 0.15) is 6.42 Å². The van der Waals surface area contributed by atoms with E-state index in [1.54, 1.807) is 19.1 Å². The van der Waals surface area contributed by atoms with Gasteiger partial charge in [-0.3, -0.25) is 9.59 Å². The van der Waals surface area contributed by atoms with E-state index in [-0.39, 0.29) is 5.78 Å². The van der Waals surface area contributed by atoms with Crippen LogP contribution in [0.5, 0.6) is 0 Å². The Morgan fingerprint density at radius 3 is 2.64 bits per heavy atom. The van der Waals surface area contributed by atoms with Crippen LogP contribution in [-0.4, -0.2) is 16.9 Å². The summed E-state index contributed by atoms with van der Waals surface area (Å²) in [7, 11) is 0. The molecular formula is C10H9BrO3. The zero-order valence-electron chi connectivity index (χ0n) is 7.58. The second kappa shape index (κ2) is 4.37. The molecule has 0 amide bonds. The van der Waals surface area contributed by atoms with Crippen molar-refractivity contribution in [1.82, 2.24) is 0 Å². The third-order valence-electron chi connectivity index (χ3n) is 1.88. The van der Waals surface area contributed by atoms with E-state index in [4.69, 9.17) is 5.11 Å². The summed E-state index contributed by atoms with van der Waals surface area (Å²) in [5.74, 6) is -1.47. The number of hydrogen-bond donors (Lipinski definition) is 1. The van der Waals surface area contributed by atoms with Gasteiger partial charge in [0, 0.05) is 10.0 Å². The first-order valence-electron chi connectivity index (χ1n) is 4.02. The van der Waals surface area contributed by atoms with Crippen molar-refractivity contribution in [2.75, 3.05) is 0 Å². The lowest BCUT2D eigenvalue weighted by Crippen LogP contribution is -2.08. The van der Waals surface area contributed by atoms with Crippen molar-refractivity contribution in [1.29, 1.82) is 0 Å². The minimum absolute atomic E-state index is 0.365. The van der Waals surface area contributed by atoms with Gasteiger partial charge in [0.05, 0.1) is 0 Å². The van der Waals surface area contributed by atoms with Crippen molar-refractivity contribution in [2.45, 2.75) is 13.3 Å². The maximum atomic E-state index is 11.4. The van der Waals surface area contributed by atoms with Crippen LogP contribution in [0, 0.1) is 6.92 Å². The summed E-state index contributed by atoms with van der Waals surface area (Å²) < 4.78 is 0.814. The first kappa shape index (κ1) is 10.9. The maximum absolute atomic E-state index is 11.4. The molecule has 0 aliphatic rings. The fourth-order valence-electron chi connectivity index (χ4n) is 1.14. The molecule has 0 saturated carbocycles. The lowest BCUT2D eigenvalue weighted by atomic mass is 10.0. The summed E-state index contributed by atoms with van der Waals surface area (Å²) in [6.07, 6.45) is -0.461. The number of carbonyl (C=O) groups is 2. The largest absolute Gasteiger partial charge is 0.481 e. The fraction of sp³-hybridized carbons (Fsp3) is 0.200. The standard InChI is InChI=1S/C10H9BrO3/c1-6-7(3-2-4-8(6)11)9(12)5-10(13)14/h2-4H,5H2,1H3,(H,13,14). The third-order valence-corrected chi connectivity index (χ3v) is 2.74. The number of Topliss-reactive ketones (excluding diaryl/α,β-unsaturated/α-hetero) is 1. The molecule has 4 heteroatoms. The number of carboxylic acids is 1. The Bertz CT molecular complexity index is 385. The number of carbonyl (C=O) groups excluding carboxylic acids is 1. The smallest absolute Gasteiger partial charge is 0.311 e. The van der Waals surface area contributed by atoms with Gasteiger partial charge in [0.2, 0.25) is 0 Å². The molecule has 0 radical (unpaired) electrons. The third kappa shape index (κ3) is 2.42. The summed E-state index contributed by atoms with van der Waals surface area (Å²) in [6, 6.07) is 5.16. The van der Waals surface area contributed by atoms with Gasteiger partial charge < -0.3 is 5.11 Å². The van der Waals surface area contributed by atoms with E-state index in [0.29, 0.717) is 5.56 Å². The predicted octanol–water partition coefficient (Wildman–Crippen LogP) is 2.41. The SMILES string of the molecule is Cc1c(Br)cccc1C(=O)CC(=O)O. The van der Waals surface area contributed by atoms with E-state index in [0.717, 1.165) is 10.0 Å². The minimum Gasteiger partial charge on any atom is -0.481 e. The molecule has 3 nitrogen and oxygen atoms in total. The quantitative estimate of drug-likeness (QED) is 0.668. The molecule has 14 heavy (non-hydrogen) atoms. The Hall–Kier alpha value is -1.16. The number of aliphatic carboxylic acids is 1. The molecule has 1 rings (SSSR count). The van der Waals surface area contributed by atoms with Crippen LogP contribution in [0.3, 0.4) is 0 Å². The van der Waals surface area contributed by atoms with Gasteiger partial charge in [-0.05, 0) is 18.6 Å². The van der Waals surface area contributed by atoms with Crippen LogP contribution in [0.15, 0.2) is 22.7 Å². The first-order chi connectivity index (χ1) is 6.52. The number of halogens is 1. The van der Waals surface area contributed by atoms with Crippen molar-refractivity contribution in [3.63, 3.8) is 0 Å². The van der Waals surface area contributed by atoms with E-state index in [9.17, 15) is 9.59 Å². The Kier molecular flexibility index (Phi) is 3.41. The van der Waals surface area contributed by atoms with E-state index < -0.39 is 12.4 Å². The molecule has 1 aromatic rings. The molecule has 1 N–H and O–H groups in total. The van der Waals surface area contributed by atoms with Gasteiger partial charge in [-0.15, -0.1) is 0 Å². The van der Waals surface area contributed by atoms with Crippen LogP contribution in [0.4, 0.5) is 0 Å². The summed E-state index contributed by atoms with van der Waals surface area (Å²) in [4.78, 5) is 21.8. The van der Waals surface area contributed by atoms with Crippen molar-refractivity contribution in [2.24, 2.45) is 0 Å². The van der Waals surface area contributed by atoms with Crippen LogP contribution < -0.4 is 0 Å². The normalized spacial score (nSPS) is 9.86. The van der Waals surface area contributed by atoms with Crippen molar-refractivity contribution in [3.8, 4) is 0 Å². The molecule has 0 aromatic heterocycles. The Morgan fingerprint density at radius 1 is 1.43 bits per heavy atom. The second-order valence-electron chi connectivity index (χ2n) is 2.91. The zero-order chi connectivity index (χ0) is 10.7. The summed E-state index contributed by atoms with van der Waals surface area (Å²) >= 11 is 3.28. The highest BCUT2D eigenvalue weighted by Crippen LogP contribution is 2.20. The summed E-state index contributed by atoms with van der Waals surface area (Å²) in [5, 5.41) is 8.47. The molecule has 0 heterocycles. The van der Waals surface area contributed by atoms with E-state index >= 15 is 0 Å². The molecule has 0 fully saturated rings. The van der Waals surface area contributed by atoms with Gasteiger partial charge in [0.15, 0.2) is 5.78 Å². The number of carboxylic acid groups (broad SMARTS) is 1. The topological polar surface area (TPSA) is 54.4 Å². The highest BCUT2D eigenvalue weighted by Gasteiger charge is 2.13. The van der Waals surface area contributed by atoms with Crippen LogP contribution in [0.2, 0.25) is 0 Å². The number of hydrogen-bond acceptors (Lipinski definition) is 2. The van der Waals surface area contributed by atoms with Gasteiger partial charge in [0.25, 0.3) is 0 Å². The predicted molar refractivity (Wildman–Crippen MR) is 55.5 cm³/mol. The molecule has 1 aromatic carbocycles. The molecule has 0 aliphatic heterocycles. The second-order valence-corrected chi connectivity index (χ2v) is 3.76. The lowest BCUT2D eigenvalue weighted by molar-refractivity contribution is -0.135. The highest BCUT2D eigenvalue weighted by atomic mass is 79.9. The van der Waals surface area contributed by atoms with E-state index in [1.807, 2.05) is 6.07 Å².